The summed E-state index contributed by atoms with van der Waals surface area (Å²) in [6.45, 7) is 2.01. The van der Waals surface area contributed by atoms with E-state index in [0.29, 0.717) is 5.57 Å². The number of hydrogen-bond donors (Lipinski definition) is 0. The van der Waals surface area contributed by atoms with Gasteiger partial charge in [0.2, 0.25) is 6.04 Å². The molecule has 2 aromatic carbocycles. The predicted octanol–water partition coefficient (Wildman–Crippen LogP) is 4.36. The van der Waals surface area contributed by atoms with Crippen LogP contribution in [0.25, 0.3) is 0 Å². The lowest BCUT2D eigenvalue weighted by Crippen LogP contribution is -2.41. The average molecular weight is 335 g/mol. The van der Waals surface area contributed by atoms with Crippen LogP contribution in [0.15, 0.2) is 72.3 Å². The van der Waals surface area contributed by atoms with Gasteiger partial charge in [-0.1, -0.05) is 73.7 Å². The normalized spacial score (nSPS) is 25.9. The largest absolute Gasteiger partial charge is 0.298 e. The average Bonchev–Trinajstić information content (AvgIpc) is 2.67. The number of carbonyl (C=O) groups is 1. The summed E-state index contributed by atoms with van der Waals surface area (Å²) in [6.07, 6.45) is 3.49. The highest BCUT2D eigenvalue weighted by atomic mass is 16.6. The van der Waals surface area contributed by atoms with E-state index in [1.807, 2.05) is 73.7 Å². The van der Waals surface area contributed by atoms with Gasteiger partial charge in [0.05, 0.1) is 11.8 Å². The van der Waals surface area contributed by atoms with Crippen LogP contribution in [0.3, 0.4) is 0 Å². The lowest BCUT2D eigenvalue weighted by molar-refractivity contribution is -0.531. The maximum atomic E-state index is 12.1. The summed E-state index contributed by atoms with van der Waals surface area (Å²) in [6, 6.07) is 18.1. The Morgan fingerprint density at radius 1 is 1.00 bits per heavy atom. The molecular formula is C21H21NO3. The van der Waals surface area contributed by atoms with Crippen molar-refractivity contribution < 1.29 is 9.72 Å². The predicted molar refractivity (Wildman–Crippen MR) is 97.1 cm³/mol. The molecule has 1 aliphatic rings. The number of nitro groups is 1. The summed E-state index contributed by atoms with van der Waals surface area (Å²) in [7, 11) is 0. The molecule has 1 aliphatic carbocycles. The molecule has 0 radical (unpaired) electrons. The highest BCUT2D eigenvalue weighted by Crippen LogP contribution is 2.46. The Morgan fingerprint density at radius 2 is 1.56 bits per heavy atom. The van der Waals surface area contributed by atoms with Crippen LogP contribution >= 0.6 is 0 Å². The fourth-order valence-corrected chi connectivity index (χ4v) is 4.02. The van der Waals surface area contributed by atoms with Gasteiger partial charge in [-0.25, -0.2) is 0 Å². The number of rotatable bonds is 5. The van der Waals surface area contributed by atoms with E-state index in [0.717, 1.165) is 23.8 Å². The van der Waals surface area contributed by atoms with Crippen molar-refractivity contribution in [3.8, 4) is 0 Å². The zero-order valence-corrected chi connectivity index (χ0v) is 14.1. The van der Waals surface area contributed by atoms with Crippen molar-refractivity contribution in [1.29, 1.82) is 0 Å². The number of benzene rings is 2. The molecule has 0 saturated heterocycles. The minimum absolute atomic E-state index is 0.0297. The molecular weight excluding hydrogens is 314 g/mol. The van der Waals surface area contributed by atoms with Gasteiger partial charge < -0.3 is 0 Å². The number of hydrogen-bond acceptors (Lipinski definition) is 3. The van der Waals surface area contributed by atoms with Gasteiger partial charge >= 0.3 is 0 Å². The van der Waals surface area contributed by atoms with Crippen LogP contribution in [0.2, 0.25) is 0 Å². The van der Waals surface area contributed by atoms with Crippen molar-refractivity contribution in [2.45, 2.75) is 31.2 Å². The first-order chi connectivity index (χ1) is 12.2. The van der Waals surface area contributed by atoms with Crippen molar-refractivity contribution in [3.63, 3.8) is 0 Å². The van der Waals surface area contributed by atoms with Crippen molar-refractivity contribution in [3.05, 3.63) is 93.6 Å². The zero-order chi connectivity index (χ0) is 17.8. The number of carbonyl (C=O) groups excluding carboxylic acids is 1. The van der Waals surface area contributed by atoms with Crippen LogP contribution in [0, 0.1) is 16.0 Å². The number of allylic oxidation sites excluding steroid dienone is 1. The van der Waals surface area contributed by atoms with Crippen LogP contribution in [0.4, 0.5) is 0 Å². The molecule has 0 aliphatic heterocycles. The molecule has 0 amide bonds. The van der Waals surface area contributed by atoms with Crippen LogP contribution in [-0.4, -0.2) is 17.3 Å². The Labute approximate surface area is 147 Å². The van der Waals surface area contributed by atoms with Gasteiger partial charge in [0.15, 0.2) is 0 Å². The van der Waals surface area contributed by atoms with E-state index in [1.165, 1.54) is 0 Å². The fourth-order valence-electron chi connectivity index (χ4n) is 4.02. The Morgan fingerprint density at radius 3 is 2.04 bits per heavy atom. The highest BCUT2D eigenvalue weighted by Gasteiger charge is 2.48. The Balaban J connectivity index is 2.19. The highest BCUT2D eigenvalue weighted by molar-refractivity contribution is 5.77. The smallest absolute Gasteiger partial charge is 0.231 e. The summed E-state index contributed by atoms with van der Waals surface area (Å²) in [5.74, 6) is -0.810. The van der Waals surface area contributed by atoms with Crippen molar-refractivity contribution in [2.75, 3.05) is 0 Å². The Hall–Kier alpha value is -2.75. The first-order valence-corrected chi connectivity index (χ1v) is 8.57. The van der Waals surface area contributed by atoms with E-state index >= 15 is 0 Å². The third-order valence-electron chi connectivity index (χ3n) is 5.13. The van der Waals surface area contributed by atoms with Gasteiger partial charge in [0.1, 0.15) is 6.29 Å². The minimum Gasteiger partial charge on any atom is -0.298 e. The maximum Gasteiger partial charge on any atom is 0.231 e. The topological polar surface area (TPSA) is 60.2 Å². The van der Waals surface area contributed by atoms with E-state index in [2.05, 4.69) is 0 Å². The molecule has 0 unspecified atom stereocenters. The summed E-state index contributed by atoms with van der Waals surface area (Å²) < 4.78 is 0. The SMILES string of the molecule is CC[C@H]1C=C(C=O)[C@@H](c2ccccc2)[C@H]([N+](=O)[O-])[C@@H]1c1ccccc1. The minimum atomic E-state index is -0.861. The Bertz CT molecular complexity index is 770. The Kier molecular flexibility index (Phi) is 5.08. The molecule has 3 rings (SSSR count). The zero-order valence-electron chi connectivity index (χ0n) is 14.1. The third kappa shape index (κ3) is 3.25. The molecule has 4 nitrogen and oxygen atoms in total. The first-order valence-electron chi connectivity index (χ1n) is 8.57. The second-order valence-corrected chi connectivity index (χ2v) is 6.46. The van der Waals surface area contributed by atoms with E-state index in [-0.39, 0.29) is 16.8 Å². The van der Waals surface area contributed by atoms with Crippen molar-refractivity contribution in [2.24, 2.45) is 5.92 Å². The van der Waals surface area contributed by atoms with Crippen LogP contribution in [0.1, 0.15) is 36.3 Å². The van der Waals surface area contributed by atoms with Crippen LogP contribution < -0.4 is 0 Å². The fraction of sp³-hybridized carbons (Fsp3) is 0.286. The maximum absolute atomic E-state index is 12.1. The first kappa shape index (κ1) is 17.1. The van der Waals surface area contributed by atoms with Gasteiger partial charge in [-0.3, -0.25) is 14.9 Å². The molecule has 4 atom stereocenters. The molecule has 2 aromatic rings. The van der Waals surface area contributed by atoms with Gasteiger partial charge in [-0.2, -0.15) is 0 Å². The molecule has 0 spiro atoms. The van der Waals surface area contributed by atoms with E-state index in [9.17, 15) is 14.9 Å². The summed E-state index contributed by atoms with van der Waals surface area (Å²) in [5.41, 5.74) is 2.29. The lowest BCUT2D eigenvalue weighted by atomic mass is 9.66. The van der Waals surface area contributed by atoms with Gasteiger partial charge in [-0.05, 0) is 23.5 Å². The number of aldehydes is 1. The molecule has 0 aromatic heterocycles. The third-order valence-corrected chi connectivity index (χ3v) is 5.13. The van der Waals surface area contributed by atoms with Gasteiger partial charge in [0, 0.05) is 10.5 Å². The van der Waals surface area contributed by atoms with E-state index < -0.39 is 12.0 Å². The second-order valence-electron chi connectivity index (χ2n) is 6.46. The summed E-state index contributed by atoms with van der Waals surface area (Å²) in [4.78, 5) is 23.6. The van der Waals surface area contributed by atoms with Crippen LogP contribution in [-0.2, 0) is 4.79 Å². The second kappa shape index (κ2) is 7.43. The quantitative estimate of drug-likeness (QED) is 0.463. The molecule has 0 heterocycles. The molecule has 0 N–H and O–H groups in total. The van der Waals surface area contributed by atoms with Gasteiger partial charge in [-0.15, -0.1) is 0 Å². The summed E-state index contributed by atoms with van der Waals surface area (Å²) in [5, 5.41) is 12.1. The molecule has 0 saturated carbocycles. The van der Waals surface area contributed by atoms with Gasteiger partial charge in [0.25, 0.3) is 0 Å². The lowest BCUT2D eigenvalue weighted by Gasteiger charge is -2.36. The van der Waals surface area contributed by atoms with Crippen LogP contribution in [0.5, 0.6) is 0 Å². The molecule has 0 bridgehead atoms. The monoisotopic (exact) mass is 335 g/mol. The molecule has 25 heavy (non-hydrogen) atoms. The molecule has 128 valence electrons. The van der Waals surface area contributed by atoms with Crippen molar-refractivity contribution in [1.82, 2.24) is 0 Å². The standard InChI is InChI=1S/C21H21NO3/c1-2-15-13-18(14-23)20(17-11-7-4-8-12-17)21(22(24)25)19(15)16-9-5-3-6-10-16/h3-15,19-21H,2H2,1H3/t15-,19-,20+,21+/m0/s1. The van der Waals surface area contributed by atoms with Crippen molar-refractivity contribution >= 4 is 6.29 Å². The molecule has 4 heteroatoms. The molecule has 0 fully saturated rings. The number of nitrogens with zero attached hydrogens (tertiary/aromatic N) is 1. The van der Waals surface area contributed by atoms with E-state index in [4.69, 9.17) is 0 Å². The van der Waals surface area contributed by atoms with E-state index in [1.54, 1.807) is 0 Å². The summed E-state index contributed by atoms with van der Waals surface area (Å²) >= 11 is 0.